The van der Waals surface area contributed by atoms with E-state index in [1.165, 1.54) is 11.3 Å². The first-order valence-corrected chi connectivity index (χ1v) is 7.18. The predicted octanol–water partition coefficient (Wildman–Crippen LogP) is 4.28. The van der Waals surface area contributed by atoms with Crippen LogP contribution >= 0.6 is 0 Å². The lowest BCUT2D eigenvalue weighted by atomic mass is 10.1. The molecule has 0 aliphatic carbocycles. The minimum atomic E-state index is 0.718. The number of fused-ring (bicyclic) bond motifs is 1. The molecule has 0 saturated carbocycles. The summed E-state index contributed by atoms with van der Waals surface area (Å²) in [5.74, 6) is 0. The maximum atomic E-state index is 6.05. The van der Waals surface area contributed by atoms with Crippen LogP contribution in [0, 0.1) is 6.92 Å². The van der Waals surface area contributed by atoms with Crippen LogP contribution < -0.4 is 10.6 Å². The highest BCUT2D eigenvalue weighted by molar-refractivity contribution is 5.99. The number of hydrogen-bond acceptors (Lipinski definition) is 3. The summed E-state index contributed by atoms with van der Waals surface area (Å²) in [4.78, 5) is 6.73. The predicted molar refractivity (Wildman–Crippen MR) is 90.0 cm³/mol. The molecule has 0 saturated heterocycles. The van der Waals surface area contributed by atoms with E-state index in [4.69, 9.17) is 5.73 Å². The lowest BCUT2D eigenvalue weighted by Gasteiger charge is -2.26. The van der Waals surface area contributed by atoms with Gasteiger partial charge in [-0.2, -0.15) is 0 Å². The molecule has 21 heavy (non-hydrogen) atoms. The number of hydrogen-bond donors (Lipinski definition) is 1. The van der Waals surface area contributed by atoms with Gasteiger partial charge in [0.15, 0.2) is 0 Å². The number of aromatic nitrogens is 1. The summed E-state index contributed by atoms with van der Waals surface area (Å²) >= 11 is 0. The Morgan fingerprint density at radius 1 is 1.00 bits per heavy atom. The third-order valence-electron chi connectivity index (χ3n) is 3.79. The second-order valence-corrected chi connectivity index (χ2v) is 5.10. The lowest BCUT2D eigenvalue weighted by Crippen LogP contribution is -2.17. The molecule has 3 rings (SSSR count). The minimum absolute atomic E-state index is 0.718. The van der Waals surface area contributed by atoms with Crippen LogP contribution in [0.1, 0.15) is 12.5 Å². The molecule has 0 aliphatic heterocycles. The third-order valence-corrected chi connectivity index (χ3v) is 3.79. The summed E-state index contributed by atoms with van der Waals surface area (Å²) in [6.07, 6.45) is 1.83. The number of benzene rings is 2. The molecule has 0 unspecified atom stereocenters. The monoisotopic (exact) mass is 277 g/mol. The number of anilines is 3. The van der Waals surface area contributed by atoms with Gasteiger partial charge in [-0.05, 0) is 37.6 Å². The second kappa shape index (κ2) is 5.44. The number of nitrogen functional groups attached to an aromatic ring is 1. The standard InChI is InChI=1S/C18H19N3/c1-3-21(16-10-5-4-7-13(16)2)17-11-12-20-18-14(17)8-6-9-15(18)19/h4-12H,3,19H2,1-2H3. The van der Waals surface area contributed by atoms with Gasteiger partial charge in [0.05, 0.1) is 16.9 Å². The first kappa shape index (κ1) is 13.4. The molecule has 2 N–H and O–H groups in total. The van der Waals surface area contributed by atoms with E-state index in [1.807, 2.05) is 18.3 Å². The van der Waals surface area contributed by atoms with Crippen molar-refractivity contribution in [2.45, 2.75) is 13.8 Å². The Bertz CT molecular complexity index is 780. The van der Waals surface area contributed by atoms with E-state index in [-0.39, 0.29) is 0 Å². The summed E-state index contributed by atoms with van der Waals surface area (Å²) in [5, 5.41) is 1.09. The van der Waals surface area contributed by atoms with Gasteiger partial charge < -0.3 is 10.6 Å². The van der Waals surface area contributed by atoms with Crippen molar-refractivity contribution in [3.8, 4) is 0 Å². The number of nitrogens with two attached hydrogens (primary N) is 1. The van der Waals surface area contributed by atoms with Crippen molar-refractivity contribution in [3.05, 3.63) is 60.3 Å². The van der Waals surface area contributed by atoms with Gasteiger partial charge in [-0.1, -0.05) is 30.3 Å². The van der Waals surface area contributed by atoms with Crippen LogP contribution in [0.3, 0.4) is 0 Å². The Hall–Kier alpha value is -2.55. The van der Waals surface area contributed by atoms with Crippen molar-refractivity contribution in [2.75, 3.05) is 17.2 Å². The van der Waals surface area contributed by atoms with Crippen LogP contribution in [0.5, 0.6) is 0 Å². The average Bonchev–Trinajstić information content (AvgIpc) is 2.51. The Labute approximate surface area is 125 Å². The van der Waals surface area contributed by atoms with Crippen LogP contribution in [0.2, 0.25) is 0 Å². The molecule has 0 radical (unpaired) electrons. The van der Waals surface area contributed by atoms with Crippen molar-refractivity contribution in [1.82, 2.24) is 4.98 Å². The zero-order valence-electron chi connectivity index (χ0n) is 12.4. The highest BCUT2D eigenvalue weighted by atomic mass is 15.1. The molecule has 3 nitrogen and oxygen atoms in total. The quantitative estimate of drug-likeness (QED) is 0.726. The highest BCUT2D eigenvalue weighted by Gasteiger charge is 2.13. The molecule has 0 atom stereocenters. The van der Waals surface area contributed by atoms with Gasteiger partial charge >= 0.3 is 0 Å². The van der Waals surface area contributed by atoms with Crippen molar-refractivity contribution >= 4 is 28.0 Å². The van der Waals surface area contributed by atoms with E-state index in [2.05, 4.69) is 60.1 Å². The van der Waals surface area contributed by atoms with E-state index >= 15 is 0 Å². The second-order valence-electron chi connectivity index (χ2n) is 5.10. The molecule has 2 aromatic carbocycles. The fourth-order valence-corrected chi connectivity index (χ4v) is 2.76. The largest absolute Gasteiger partial charge is 0.397 e. The zero-order chi connectivity index (χ0) is 14.8. The van der Waals surface area contributed by atoms with E-state index in [9.17, 15) is 0 Å². The molecule has 0 bridgehead atoms. The third kappa shape index (κ3) is 2.31. The zero-order valence-corrected chi connectivity index (χ0v) is 12.4. The normalized spacial score (nSPS) is 10.8. The number of pyridine rings is 1. The van der Waals surface area contributed by atoms with Crippen molar-refractivity contribution in [2.24, 2.45) is 0 Å². The topological polar surface area (TPSA) is 42.2 Å². The molecule has 1 aromatic heterocycles. The minimum Gasteiger partial charge on any atom is -0.397 e. The van der Waals surface area contributed by atoms with Gasteiger partial charge in [-0.25, -0.2) is 0 Å². The molecule has 0 fully saturated rings. The molecule has 106 valence electrons. The molecular formula is C18H19N3. The fraction of sp³-hybridized carbons (Fsp3) is 0.167. The van der Waals surface area contributed by atoms with Crippen LogP contribution in [0.15, 0.2) is 54.7 Å². The molecule has 0 spiro atoms. The van der Waals surface area contributed by atoms with Gasteiger partial charge in [-0.3, -0.25) is 4.98 Å². The molecular weight excluding hydrogens is 258 g/mol. The van der Waals surface area contributed by atoms with E-state index in [0.29, 0.717) is 0 Å². The number of aryl methyl sites for hydroxylation is 1. The number of nitrogens with zero attached hydrogens (tertiary/aromatic N) is 2. The highest BCUT2D eigenvalue weighted by Crippen LogP contribution is 2.34. The van der Waals surface area contributed by atoms with Crippen LogP contribution in [-0.2, 0) is 0 Å². The van der Waals surface area contributed by atoms with Gasteiger partial charge in [0.25, 0.3) is 0 Å². The van der Waals surface area contributed by atoms with E-state index in [0.717, 1.165) is 28.8 Å². The van der Waals surface area contributed by atoms with Gasteiger partial charge in [-0.15, -0.1) is 0 Å². The number of rotatable bonds is 3. The molecule has 3 aromatic rings. The first-order chi connectivity index (χ1) is 10.2. The number of para-hydroxylation sites is 2. The Morgan fingerprint density at radius 2 is 1.81 bits per heavy atom. The Morgan fingerprint density at radius 3 is 2.57 bits per heavy atom. The van der Waals surface area contributed by atoms with Crippen LogP contribution in [0.25, 0.3) is 10.9 Å². The molecule has 3 heteroatoms. The van der Waals surface area contributed by atoms with Crippen LogP contribution in [-0.4, -0.2) is 11.5 Å². The smallest absolute Gasteiger partial charge is 0.0952 e. The average molecular weight is 277 g/mol. The van der Waals surface area contributed by atoms with Gasteiger partial charge in [0.1, 0.15) is 0 Å². The summed E-state index contributed by atoms with van der Waals surface area (Å²) in [6.45, 7) is 5.18. The maximum absolute atomic E-state index is 6.05. The fourth-order valence-electron chi connectivity index (χ4n) is 2.76. The summed E-state index contributed by atoms with van der Waals surface area (Å²) in [5.41, 5.74) is 11.3. The molecule has 1 heterocycles. The van der Waals surface area contributed by atoms with Gasteiger partial charge in [0.2, 0.25) is 0 Å². The van der Waals surface area contributed by atoms with Crippen molar-refractivity contribution in [1.29, 1.82) is 0 Å². The summed E-state index contributed by atoms with van der Waals surface area (Å²) in [7, 11) is 0. The van der Waals surface area contributed by atoms with E-state index < -0.39 is 0 Å². The molecule has 0 aliphatic rings. The first-order valence-electron chi connectivity index (χ1n) is 7.18. The Balaban J connectivity index is 2.23. The van der Waals surface area contributed by atoms with E-state index in [1.54, 1.807) is 0 Å². The maximum Gasteiger partial charge on any atom is 0.0952 e. The van der Waals surface area contributed by atoms with Gasteiger partial charge in [0, 0.05) is 23.8 Å². The van der Waals surface area contributed by atoms with Crippen LogP contribution in [0.4, 0.5) is 17.1 Å². The van der Waals surface area contributed by atoms with Crippen molar-refractivity contribution < 1.29 is 0 Å². The summed E-state index contributed by atoms with van der Waals surface area (Å²) in [6, 6.07) is 16.4. The Kier molecular flexibility index (Phi) is 3.48. The lowest BCUT2D eigenvalue weighted by molar-refractivity contribution is 1.02. The van der Waals surface area contributed by atoms with Crippen molar-refractivity contribution in [3.63, 3.8) is 0 Å². The summed E-state index contributed by atoms with van der Waals surface area (Å²) < 4.78 is 0. The SMILES string of the molecule is CCN(c1ccccc1C)c1ccnc2c(N)cccc12. The molecule has 0 amide bonds.